The van der Waals surface area contributed by atoms with E-state index in [0.29, 0.717) is 24.3 Å². The van der Waals surface area contributed by atoms with Gasteiger partial charge < -0.3 is 10.3 Å². The fourth-order valence-corrected chi connectivity index (χ4v) is 6.74. The molecule has 3 heterocycles. The number of rotatable bonds is 3. The number of aromatic nitrogens is 1. The van der Waals surface area contributed by atoms with E-state index >= 15 is 0 Å². The van der Waals surface area contributed by atoms with Gasteiger partial charge in [0.25, 0.3) is 0 Å². The van der Waals surface area contributed by atoms with Crippen LogP contribution in [0, 0.1) is 5.82 Å². The summed E-state index contributed by atoms with van der Waals surface area (Å²) in [4.78, 5) is 15.4. The highest BCUT2D eigenvalue weighted by molar-refractivity contribution is 8.22. The minimum Gasteiger partial charge on any atom is -0.360 e. The molecular weight excluding hydrogens is 405 g/mol. The van der Waals surface area contributed by atoms with E-state index in [1.807, 2.05) is 32.2 Å². The van der Waals surface area contributed by atoms with Crippen LogP contribution in [0.3, 0.4) is 0 Å². The number of nitrogens with one attached hydrogen (secondary N) is 2. The first-order valence-electron chi connectivity index (χ1n) is 9.95. The van der Waals surface area contributed by atoms with Gasteiger partial charge in [0.1, 0.15) is 5.82 Å². The maximum absolute atomic E-state index is 13.5. The Balaban J connectivity index is 1.52. The van der Waals surface area contributed by atoms with Crippen molar-refractivity contribution in [1.29, 1.82) is 0 Å². The standard InChI is InChI=1S/C22H24FN3O3S/c1-13-17-9-14(18-11-24-19-10-15(23)4-5-16(18)19)3-6-20(17)30(28,29)26(13)12-22(2)8-7-21(27)25-22/h3-6,9-11,13,24,28-29H,7-8,12H2,1-2H3,(H,25,27)/t13?,22-/m1/s1. The molecule has 5 rings (SSSR count). The summed E-state index contributed by atoms with van der Waals surface area (Å²) in [5, 5.41) is 3.89. The third-order valence-corrected chi connectivity index (χ3v) is 8.38. The molecule has 6 nitrogen and oxygen atoms in total. The van der Waals surface area contributed by atoms with Gasteiger partial charge in [-0.2, -0.15) is 4.31 Å². The van der Waals surface area contributed by atoms with E-state index < -0.39 is 16.3 Å². The first-order chi connectivity index (χ1) is 14.2. The van der Waals surface area contributed by atoms with Crippen LogP contribution in [0.4, 0.5) is 4.39 Å². The van der Waals surface area contributed by atoms with Crippen molar-refractivity contribution in [2.24, 2.45) is 0 Å². The molecule has 2 aliphatic rings. The minimum absolute atomic E-state index is 0.00333. The van der Waals surface area contributed by atoms with Crippen molar-refractivity contribution < 1.29 is 18.3 Å². The lowest BCUT2D eigenvalue weighted by Gasteiger charge is -2.43. The zero-order valence-electron chi connectivity index (χ0n) is 16.8. The van der Waals surface area contributed by atoms with Crippen molar-refractivity contribution in [2.45, 2.75) is 43.2 Å². The summed E-state index contributed by atoms with van der Waals surface area (Å²) in [5.41, 5.74) is 2.95. The number of nitrogens with zero attached hydrogens (tertiary/aromatic N) is 1. The van der Waals surface area contributed by atoms with E-state index in [1.54, 1.807) is 16.4 Å². The molecule has 1 saturated heterocycles. The fourth-order valence-electron chi connectivity index (χ4n) is 4.67. The lowest BCUT2D eigenvalue weighted by molar-refractivity contribution is -0.119. The topological polar surface area (TPSA) is 88.6 Å². The number of fused-ring (bicyclic) bond motifs is 2. The zero-order chi connectivity index (χ0) is 21.3. The minimum atomic E-state index is -3.15. The van der Waals surface area contributed by atoms with Crippen LogP contribution in [0.1, 0.15) is 38.3 Å². The Morgan fingerprint density at radius 3 is 2.80 bits per heavy atom. The van der Waals surface area contributed by atoms with Gasteiger partial charge in [-0.3, -0.25) is 13.9 Å². The lowest BCUT2D eigenvalue weighted by Crippen LogP contribution is -2.48. The van der Waals surface area contributed by atoms with Crippen molar-refractivity contribution >= 4 is 27.6 Å². The number of halogens is 1. The van der Waals surface area contributed by atoms with E-state index in [-0.39, 0.29) is 17.8 Å². The van der Waals surface area contributed by atoms with Crippen LogP contribution < -0.4 is 5.32 Å². The molecular formula is C22H24FN3O3S. The number of hydrogen-bond donors (Lipinski definition) is 4. The highest BCUT2D eigenvalue weighted by atomic mass is 32.3. The van der Waals surface area contributed by atoms with Gasteiger partial charge in [0, 0.05) is 35.6 Å². The van der Waals surface area contributed by atoms with Crippen LogP contribution in [-0.2, 0) is 4.79 Å². The van der Waals surface area contributed by atoms with Crippen molar-refractivity contribution in [3.8, 4) is 11.1 Å². The number of carbonyl (C=O) groups is 1. The molecule has 1 amide bonds. The Labute approximate surface area is 175 Å². The molecule has 1 fully saturated rings. The summed E-state index contributed by atoms with van der Waals surface area (Å²) in [6, 6.07) is 10.0. The number of H-pyrrole nitrogens is 1. The van der Waals surface area contributed by atoms with Crippen molar-refractivity contribution in [2.75, 3.05) is 6.54 Å². The molecule has 2 aromatic carbocycles. The van der Waals surface area contributed by atoms with Crippen molar-refractivity contribution in [3.05, 3.63) is 54.0 Å². The lowest BCUT2D eigenvalue weighted by atomic mass is 9.97. The van der Waals surface area contributed by atoms with E-state index in [4.69, 9.17) is 0 Å². The first-order valence-corrected chi connectivity index (χ1v) is 11.5. The highest BCUT2D eigenvalue weighted by Gasteiger charge is 2.45. The Morgan fingerprint density at radius 1 is 1.27 bits per heavy atom. The van der Waals surface area contributed by atoms with E-state index in [9.17, 15) is 18.3 Å². The second-order valence-electron chi connectivity index (χ2n) is 8.52. The van der Waals surface area contributed by atoms with E-state index in [0.717, 1.165) is 27.6 Å². The van der Waals surface area contributed by atoms with Crippen LogP contribution in [0.15, 0.2) is 47.5 Å². The van der Waals surface area contributed by atoms with Gasteiger partial charge in [-0.05, 0) is 61.7 Å². The molecule has 0 radical (unpaired) electrons. The third-order valence-electron chi connectivity index (χ3n) is 6.32. The van der Waals surface area contributed by atoms with Gasteiger partial charge >= 0.3 is 0 Å². The Morgan fingerprint density at radius 2 is 2.07 bits per heavy atom. The number of hydrogen-bond acceptors (Lipinski definition) is 4. The molecule has 3 aromatic rings. The van der Waals surface area contributed by atoms with Gasteiger partial charge in [0.15, 0.2) is 0 Å². The molecule has 2 atom stereocenters. The molecule has 30 heavy (non-hydrogen) atoms. The summed E-state index contributed by atoms with van der Waals surface area (Å²) in [5.74, 6) is -0.299. The summed E-state index contributed by atoms with van der Waals surface area (Å²) >= 11 is 0. The number of aromatic amines is 1. The third kappa shape index (κ3) is 2.94. The van der Waals surface area contributed by atoms with Crippen molar-refractivity contribution in [3.63, 3.8) is 0 Å². The highest BCUT2D eigenvalue weighted by Crippen LogP contribution is 2.64. The number of benzene rings is 2. The number of amides is 1. The summed E-state index contributed by atoms with van der Waals surface area (Å²) < 4.78 is 37.3. The summed E-state index contributed by atoms with van der Waals surface area (Å²) in [7, 11) is -3.15. The van der Waals surface area contributed by atoms with Crippen LogP contribution in [-0.4, -0.2) is 36.4 Å². The first kappa shape index (κ1) is 19.6. The van der Waals surface area contributed by atoms with Gasteiger partial charge in [-0.25, -0.2) is 4.39 Å². The molecule has 158 valence electrons. The number of carbonyl (C=O) groups excluding carboxylic acids is 1. The van der Waals surface area contributed by atoms with E-state index in [1.165, 1.54) is 12.1 Å². The molecule has 0 aliphatic carbocycles. The Kier molecular flexibility index (Phi) is 4.27. The fraction of sp³-hybridized carbons (Fsp3) is 0.318. The molecule has 1 aromatic heterocycles. The van der Waals surface area contributed by atoms with Crippen LogP contribution in [0.5, 0.6) is 0 Å². The van der Waals surface area contributed by atoms with Gasteiger partial charge in [-0.15, -0.1) is 10.8 Å². The second-order valence-corrected chi connectivity index (χ2v) is 10.5. The molecule has 8 heteroatoms. The molecule has 4 N–H and O–H groups in total. The monoisotopic (exact) mass is 429 g/mol. The van der Waals surface area contributed by atoms with Gasteiger partial charge in [0.05, 0.1) is 16.5 Å². The van der Waals surface area contributed by atoms with Gasteiger partial charge in [-0.1, -0.05) is 6.07 Å². The van der Waals surface area contributed by atoms with E-state index in [2.05, 4.69) is 10.3 Å². The summed E-state index contributed by atoms with van der Waals surface area (Å²) in [6.07, 6.45) is 2.96. The van der Waals surface area contributed by atoms with Crippen molar-refractivity contribution in [1.82, 2.24) is 14.6 Å². The molecule has 2 aliphatic heterocycles. The van der Waals surface area contributed by atoms with Gasteiger partial charge in [0.2, 0.25) is 5.91 Å². The SMILES string of the molecule is CC1c2cc(-c3c[nH]c4cc(F)ccc34)ccc2S(O)(O)N1C[C@@]1(C)CCC(=O)N1. The maximum atomic E-state index is 13.5. The average Bonchev–Trinajstić information content (AvgIpc) is 3.32. The Hall–Kier alpha value is -2.39. The second kappa shape index (κ2) is 6.55. The molecule has 0 spiro atoms. The predicted molar refractivity (Wildman–Crippen MR) is 116 cm³/mol. The normalized spacial score (nSPS) is 26.7. The molecule has 0 saturated carbocycles. The largest absolute Gasteiger partial charge is 0.360 e. The Bertz CT molecular complexity index is 1180. The van der Waals surface area contributed by atoms with Crippen LogP contribution >= 0.6 is 10.8 Å². The predicted octanol–water partition coefficient (Wildman–Crippen LogP) is 5.04. The quantitative estimate of drug-likeness (QED) is 0.469. The molecule has 1 unspecified atom stereocenters. The smallest absolute Gasteiger partial charge is 0.220 e. The van der Waals surface area contributed by atoms with Crippen LogP contribution in [0.2, 0.25) is 0 Å². The average molecular weight is 430 g/mol. The molecule has 0 bridgehead atoms. The zero-order valence-corrected chi connectivity index (χ0v) is 17.6. The maximum Gasteiger partial charge on any atom is 0.220 e. The summed E-state index contributed by atoms with van der Waals surface area (Å²) in [6.45, 7) is 4.26. The van der Waals surface area contributed by atoms with Crippen LogP contribution in [0.25, 0.3) is 22.0 Å².